The number of nitrogens with zero attached hydrogens (tertiary/aromatic N) is 1. The molecule has 2 amide bonds. The van der Waals surface area contributed by atoms with Crippen LogP contribution in [0.5, 0.6) is 0 Å². The standard InChI is InChI=1S/C17H23N3O4.ClH/c18-11-14-5-6-15(24-14)16(21)19-13-3-1-12(2-4-13)17(22)20-7-9-23-10-8-20;/h1-4,14-15H,5-11,18H2,(H,19,21);1H/t14-,15+;/m1./s1. The summed E-state index contributed by atoms with van der Waals surface area (Å²) in [5.41, 5.74) is 6.81. The molecule has 2 saturated heterocycles. The maximum atomic E-state index is 12.4. The average molecular weight is 370 g/mol. The van der Waals surface area contributed by atoms with Gasteiger partial charge in [0.05, 0.1) is 19.3 Å². The topological polar surface area (TPSA) is 93.9 Å². The summed E-state index contributed by atoms with van der Waals surface area (Å²) in [7, 11) is 0. The number of carbonyl (C=O) groups is 2. The van der Waals surface area contributed by atoms with Gasteiger partial charge in [-0.15, -0.1) is 12.4 Å². The van der Waals surface area contributed by atoms with Crippen molar-refractivity contribution in [1.29, 1.82) is 0 Å². The van der Waals surface area contributed by atoms with Crippen LogP contribution >= 0.6 is 12.4 Å². The van der Waals surface area contributed by atoms with Crippen molar-refractivity contribution in [1.82, 2.24) is 4.90 Å². The van der Waals surface area contributed by atoms with Crippen LogP contribution in [0, 0.1) is 0 Å². The Hall–Kier alpha value is -1.67. The summed E-state index contributed by atoms with van der Waals surface area (Å²) < 4.78 is 10.8. The molecule has 1 aromatic rings. The minimum Gasteiger partial charge on any atom is -0.378 e. The fourth-order valence-corrected chi connectivity index (χ4v) is 2.94. The van der Waals surface area contributed by atoms with Crippen LogP contribution in [0.4, 0.5) is 5.69 Å². The molecule has 138 valence electrons. The lowest BCUT2D eigenvalue weighted by Gasteiger charge is -2.26. The van der Waals surface area contributed by atoms with E-state index in [1.807, 2.05) is 0 Å². The van der Waals surface area contributed by atoms with E-state index < -0.39 is 6.10 Å². The highest BCUT2D eigenvalue weighted by atomic mass is 35.5. The molecule has 0 unspecified atom stereocenters. The second kappa shape index (κ2) is 9.15. The Morgan fingerprint density at radius 1 is 1.16 bits per heavy atom. The highest BCUT2D eigenvalue weighted by Gasteiger charge is 2.29. The lowest BCUT2D eigenvalue weighted by molar-refractivity contribution is -0.126. The molecular weight excluding hydrogens is 346 g/mol. The first kappa shape index (κ1) is 19.7. The van der Waals surface area contributed by atoms with Crippen molar-refractivity contribution in [3.05, 3.63) is 29.8 Å². The molecule has 0 aliphatic carbocycles. The Labute approximate surface area is 153 Å². The number of anilines is 1. The summed E-state index contributed by atoms with van der Waals surface area (Å²) >= 11 is 0. The molecule has 2 aliphatic heterocycles. The molecule has 0 radical (unpaired) electrons. The first-order valence-corrected chi connectivity index (χ1v) is 8.31. The van der Waals surface area contributed by atoms with Crippen LogP contribution in [0.2, 0.25) is 0 Å². The van der Waals surface area contributed by atoms with Crippen molar-refractivity contribution >= 4 is 29.9 Å². The predicted octanol–water partition coefficient (Wildman–Crippen LogP) is 1.03. The molecule has 0 bridgehead atoms. The van der Waals surface area contributed by atoms with Crippen LogP contribution in [0.25, 0.3) is 0 Å². The monoisotopic (exact) mass is 369 g/mol. The summed E-state index contributed by atoms with van der Waals surface area (Å²) in [6.45, 7) is 2.80. The molecule has 8 heteroatoms. The molecule has 0 aromatic heterocycles. The number of amides is 2. The molecule has 3 N–H and O–H groups in total. The Bertz CT molecular complexity index is 590. The van der Waals surface area contributed by atoms with Gasteiger partial charge in [0.15, 0.2) is 0 Å². The van der Waals surface area contributed by atoms with Gasteiger partial charge < -0.3 is 25.4 Å². The second-order valence-electron chi connectivity index (χ2n) is 6.03. The SMILES string of the molecule is Cl.NC[C@H]1CC[C@@H](C(=O)Nc2ccc(C(=O)N3CCOCC3)cc2)O1. The Morgan fingerprint density at radius 2 is 1.84 bits per heavy atom. The quantitative estimate of drug-likeness (QED) is 0.826. The van der Waals surface area contributed by atoms with Crippen molar-refractivity contribution in [2.75, 3.05) is 38.2 Å². The number of ether oxygens (including phenoxy) is 2. The van der Waals surface area contributed by atoms with Crippen molar-refractivity contribution in [3.8, 4) is 0 Å². The van der Waals surface area contributed by atoms with E-state index in [9.17, 15) is 9.59 Å². The molecule has 2 atom stereocenters. The maximum Gasteiger partial charge on any atom is 0.254 e. The van der Waals surface area contributed by atoms with E-state index in [0.717, 1.165) is 6.42 Å². The van der Waals surface area contributed by atoms with Crippen LogP contribution in [0.15, 0.2) is 24.3 Å². The van der Waals surface area contributed by atoms with Gasteiger partial charge >= 0.3 is 0 Å². The fourth-order valence-electron chi connectivity index (χ4n) is 2.94. The molecule has 0 spiro atoms. The summed E-state index contributed by atoms with van der Waals surface area (Å²) in [5, 5.41) is 2.82. The van der Waals surface area contributed by atoms with E-state index in [4.69, 9.17) is 15.2 Å². The fraction of sp³-hybridized carbons (Fsp3) is 0.529. The van der Waals surface area contributed by atoms with Crippen molar-refractivity contribution < 1.29 is 19.1 Å². The first-order chi connectivity index (χ1) is 11.7. The molecule has 25 heavy (non-hydrogen) atoms. The van der Waals surface area contributed by atoms with E-state index in [0.29, 0.717) is 50.5 Å². The van der Waals surface area contributed by atoms with E-state index in [-0.39, 0.29) is 30.3 Å². The highest BCUT2D eigenvalue weighted by Crippen LogP contribution is 2.21. The summed E-state index contributed by atoms with van der Waals surface area (Å²) in [6, 6.07) is 6.93. The normalized spacial score (nSPS) is 23.0. The van der Waals surface area contributed by atoms with Gasteiger partial charge in [-0.2, -0.15) is 0 Å². The number of nitrogens with two attached hydrogens (primary N) is 1. The smallest absolute Gasteiger partial charge is 0.254 e. The summed E-state index contributed by atoms with van der Waals surface area (Å²) in [5.74, 6) is -0.181. The van der Waals surface area contributed by atoms with Gasteiger partial charge in [-0.25, -0.2) is 0 Å². The van der Waals surface area contributed by atoms with Crippen molar-refractivity contribution in [2.24, 2.45) is 5.73 Å². The highest BCUT2D eigenvalue weighted by molar-refractivity contribution is 5.97. The van der Waals surface area contributed by atoms with Crippen LogP contribution in [0.1, 0.15) is 23.2 Å². The third-order valence-electron chi connectivity index (χ3n) is 4.36. The largest absolute Gasteiger partial charge is 0.378 e. The van der Waals surface area contributed by atoms with E-state index in [2.05, 4.69) is 5.32 Å². The van der Waals surface area contributed by atoms with Gasteiger partial charge in [0.2, 0.25) is 0 Å². The molecule has 2 fully saturated rings. The third kappa shape index (κ3) is 4.92. The minimum atomic E-state index is -0.451. The zero-order valence-corrected chi connectivity index (χ0v) is 14.8. The first-order valence-electron chi connectivity index (χ1n) is 8.31. The van der Waals surface area contributed by atoms with Gasteiger partial charge in [0, 0.05) is 30.9 Å². The molecule has 2 aliphatic rings. The second-order valence-corrected chi connectivity index (χ2v) is 6.03. The Kier molecular flexibility index (Phi) is 7.19. The van der Waals surface area contributed by atoms with Gasteiger partial charge in [-0.05, 0) is 37.1 Å². The molecule has 7 nitrogen and oxygen atoms in total. The number of hydrogen-bond acceptors (Lipinski definition) is 5. The van der Waals surface area contributed by atoms with Crippen LogP contribution in [-0.2, 0) is 14.3 Å². The molecule has 1 aromatic carbocycles. The zero-order valence-electron chi connectivity index (χ0n) is 14.0. The number of benzene rings is 1. The minimum absolute atomic E-state index is 0. The Balaban J connectivity index is 0.00000225. The van der Waals surface area contributed by atoms with Crippen LogP contribution in [0.3, 0.4) is 0 Å². The Morgan fingerprint density at radius 3 is 2.44 bits per heavy atom. The van der Waals surface area contributed by atoms with Gasteiger partial charge in [-0.3, -0.25) is 9.59 Å². The average Bonchev–Trinajstić information content (AvgIpc) is 3.12. The maximum absolute atomic E-state index is 12.4. The molecule has 2 heterocycles. The predicted molar refractivity (Wildman–Crippen MR) is 96.0 cm³/mol. The number of rotatable bonds is 4. The van der Waals surface area contributed by atoms with E-state index in [1.165, 1.54) is 0 Å². The third-order valence-corrected chi connectivity index (χ3v) is 4.36. The van der Waals surface area contributed by atoms with E-state index in [1.54, 1.807) is 29.2 Å². The van der Waals surface area contributed by atoms with E-state index >= 15 is 0 Å². The van der Waals surface area contributed by atoms with Crippen molar-refractivity contribution in [3.63, 3.8) is 0 Å². The molecular formula is C17H24ClN3O4. The van der Waals surface area contributed by atoms with Gasteiger partial charge in [0.1, 0.15) is 6.10 Å². The lowest BCUT2D eigenvalue weighted by Crippen LogP contribution is -2.40. The number of carbonyl (C=O) groups excluding carboxylic acids is 2. The van der Waals surface area contributed by atoms with Crippen LogP contribution < -0.4 is 11.1 Å². The number of nitrogens with one attached hydrogen (secondary N) is 1. The zero-order chi connectivity index (χ0) is 16.9. The van der Waals surface area contributed by atoms with Gasteiger partial charge in [-0.1, -0.05) is 0 Å². The van der Waals surface area contributed by atoms with Crippen molar-refractivity contribution in [2.45, 2.75) is 25.0 Å². The van der Waals surface area contributed by atoms with Gasteiger partial charge in [0.25, 0.3) is 11.8 Å². The molecule has 0 saturated carbocycles. The summed E-state index contributed by atoms with van der Waals surface area (Å²) in [4.78, 5) is 26.3. The number of hydrogen-bond donors (Lipinski definition) is 2. The number of morpholine rings is 1. The van der Waals surface area contributed by atoms with Crippen LogP contribution in [-0.4, -0.2) is 61.8 Å². The lowest BCUT2D eigenvalue weighted by atomic mass is 10.1. The summed E-state index contributed by atoms with van der Waals surface area (Å²) in [6.07, 6.45) is 1.01. The number of halogens is 1. The molecule has 3 rings (SSSR count).